The van der Waals surface area contributed by atoms with Crippen molar-refractivity contribution in [1.82, 2.24) is 0 Å². The molecule has 19 heavy (non-hydrogen) atoms. The Bertz CT molecular complexity index is 317. The summed E-state index contributed by atoms with van der Waals surface area (Å²) in [5.41, 5.74) is -1.78. The molecule has 0 aliphatic heterocycles. The smallest absolute Gasteiger partial charge is 0.321 e. The molecule has 0 rings (SSSR count). The Balaban J connectivity index is 4.42. The molecule has 0 aromatic rings. The first kappa shape index (κ1) is 17.4. The summed E-state index contributed by atoms with van der Waals surface area (Å²) in [6.07, 6.45) is 10.2. The molecule has 0 unspecified atom stereocenters. The van der Waals surface area contributed by atoms with Gasteiger partial charge in [0.15, 0.2) is 5.41 Å². The summed E-state index contributed by atoms with van der Waals surface area (Å²) in [6.45, 7) is 5.58. The van der Waals surface area contributed by atoms with E-state index in [2.05, 4.69) is 13.5 Å². The van der Waals surface area contributed by atoms with Gasteiger partial charge in [-0.3, -0.25) is 9.59 Å². The molecule has 0 atom stereocenters. The fourth-order valence-electron chi connectivity index (χ4n) is 1.86. The second-order valence-electron chi connectivity index (χ2n) is 4.71. The Kier molecular flexibility index (Phi) is 8.58. The van der Waals surface area contributed by atoms with Crippen molar-refractivity contribution < 1.29 is 19.8 Å². The summed E-state index contributed by atoms with van der Waals surface area (Å²) in [6, 6.07) is 0. The molecule has 0 fully saturated rings. The number of rotatable bonds is 11. The van der Waals surface area contributed by atoms with Gasteiger partial charge in [-0.05, 0) is 25.7 Å². The Morgan fingerprint density at radius 3 is 2.16 bits per heavy atom. The summed E-state index contributed by atoms with van der Waals surface area (Å²) >= 11 is 0. The van der Waals surface area contributed by atoms with E-state index in [0.29, 0.717) is 0 Å². The number of carbonyl (C=O) groups is 2. The average Bonchev–Trinajstić information content (AvgIpc) is 2.35. The van der Waals surface area contributed by atoms with Gasteiger partial charge in [0.2, 0.25) is 0 Å². The monoisotopic (exact) mass is 268 g/mol. The molecule has 0 aliphatic rings. The van der Waals surface area contributed by atoms with Crippen LogP contribution in [0.5, 0.6) is 0 Å². The molecule has 2 N–H and O–H groups in total. The summed E-state index contributed by atoms with van der Waals surface area (Å²) in [5, 5.41) is 18.3. The zero-order valence-corrected chi connectivity index (χ0v) is 11.6. The van der Waals surface area contributed by atoms with E-state index >= 15 is 0 Å². The van der Waals surface area contributed by atoms with Crippen LogP contribution in [0.2, 0.25) is 0 Å². The van der Waals surface area contributed by atoms with E-state index < -0.39 is 17.4 Å². The fourth-order valence-corrected chi connectivity index (χ4v) is 1.86. The second-order valence-corrected chi connectivity index (χ2v) is 4.71. The quantitative estimate of drug-likeness (QED) is 0.341. The van der Waals surface area contributed by atoms with E-state index in [1.165, 1.54) is 18.9 Å². The Morgan fingerprint density at radius 1 is 1.05 bits per heavy atom. The average molecular weight is 268 g/mol. The zero-order chi connectivity index (χ0) is 14.7. The van der Waals surface area contributed by atoms with Crippen LogP contribution >= 0.6 is 0 Å². The van der Waals surface area contributed by atoms with Gasteiger partial charge in [0, 0.05) is 0 Å². The molecule has 0 radical (unpaired) electrons. The van der Waals surface area contributed by atoms with Crippen molar-refractivity contribution in [2.24, 2.45) is 5.41 Å². The summed E-state index contributed by atoms with van der Waals surface area (Å²) in [7, 11) is 0. The Morgan fingerprint density at radius 2 is 1.68 bits per heavy atom. The van der Waals surface area contributed by atoms with Crippen molar-refractivity contribution in [3.8, 4) is 0 Å². The van der Waals surface area contributed by atoms with Gasteiger partial charge in [0.25, 0.3) is 0 Å². The lowest BCUT2D eigenvalue weighted by Crippen LogP contribution is -2.38. The lowest BCUT2D eigenvalue weighted by Gasteiger charge is -2.21. The fraction of sp³-hybridized carbons (Fsp3) is 0.600. The third-order valence-corrected chi connectivity index (χ3v) is 3.17. The second kappa shape index (κ2) is 9.36. The Hall–Kier alpha value is -1.58. The molecule has 0 saturated carbocycles. The van der Waals surface area contributed by atoms with Crippen molar-refractivity contribution in [1.29, 1.82) is 0 Å². The molecular weight excluding hydrogens is 244 g/mol. The highest BCUT2D eigenvalue weighted by molar-refractivity contribution is 5.98. The number of carboxylic acid groups (broad SMARTS) is 2. The van der Waals surface area contributed by atoms with Gasteiger partial charge in [0.05, 0.1) is 0 Å². The SMILES string of the molecule is C=CCC(C/C=C/CCCCCC)(C(=O)O)C(=O)O. The van der Waals surface area contributed by atoms with Gasteiger partial charge in [0.1, 0.15) is 0 Å². The van der Waals surface area contributed by atoms with Crippen LogP contribution in [0.4, 0.5) is 0 Å². The summed E-state index contributed by atoms with van der Waals surface area (Å²) in [4.78, 5) is 22.4. The molecule has 4 nitrogen and oxygen atoms in total. The third kappa shape index (κ3) is 5.73. The van der Waals surface area contributed by atoms with Crippen LogP contribution < -0.4 is 0 Å². The Labute approximate surface area is 114 Å². The van der Waals surface area contributed by atoms with Crippen molar-refractivity contribution in [2.45, 2.75) is 51.9 Å². The number of hydrogen-bond acceptors (Lipinski definition) is 2. The van der Waals surface area contributed by atoms with Crippen LogP contribution in [-0.2, 0) is 9.59 Å². The number of allylic oxidation sites excluding steroid dienone is 3. The molecular formula is C15H24O4. The van der Waals surface area contributed by atoms with Crippen LogP contribution in [0.1, 0.15) is 51.9 Å². The van der Waals surface area contributed by atoms with Gasteiger partial charge in [-0.25, -0.2) is 0 Å². The lowest BCUT2D eigenvalue weighted by atomic mass is 9.81. The minimum Gasteiger partial charge on any atom is -0.480 e. The highest BCUT2D eigenvalue weighted by atomic mass is 16.4. The van der Waals surface area contributed by atoms with E-state index in [4.69, 9.17) is 10.2 Å². The van der Waals surface area contributed by atoms with Gasteiger partial charge in [-0.15, -0.1) is 6.58 Å². The highest BCUT2D eigenvalue weighted by Gasteiger charge is 2.44. The van der Waals surface area contributed by atoms with E-state index in [9.17, 15) is 9.59 Å². The van der Waals surface area contributed by atoms with E-state index in [0.717, 1.165) is 19.3 Å². The van der Waals surface area contributed by atoms with E-state index in [1.807, 2.05) is 6.08 Å². The van der Waals surface area contributed by atoms with Crippen LogP contribution in [0.25, 0.3) is 0 Å². The van der Waals surface area contributed by atoms with Gasteiger partial charge in [-0.2, -0.15) is 0 Å². The topological polar surface area (TPSA) is 74.6 Å². The highest BCUT2D eigenvalue weighted by Crippen LogP contribution is 2.29. The minimum atomic E-state index is -1.78. The van der Waals surface area contributed by atoms with Gasteiger partial charge in [-0.1, -0.05) is 44.4 Å². The molecule has 0 heterocycles. The molecule has 4 heteroatoms. The molecule has 0 spiro atoms. The van der Waals surface area contributed by atoms with Crippen LogP contribution in [0.15, 0.2) is 24.8 Å². The molecule has 0 bridgehead atoms. The number of unbranched alkanes of at least 4 members (excludes halogenated alkanes) is 4. The van der Waals surface area contributed by atoms with E-state index in [1.54, 1.807) is 6.08 Å². The number of carboxylic acids is 2. The van der Waals surface area contributed by atoms with Gasteiger partial charge < -0.3 is 10.2 Å². The largest absolute Gasteiger partial charge is 0.480 e. The normalized spacial score (nSPS) is 11.6. The first-order chi connectivity index (χ1) is 9.01. The van der Waals surface area contributed by atoms with E-state index in [-0.39, 0.29) is 12.8 Å². The molecule has 0 aliphatic carbocycles. The van der Waals surface area contributed by atoms with Crippen molar-refractivity contribution in [3.05, 3.63) is 24.8 Å². The first-order valence-electron chi connectivity index (χ1n) is 6.74. The number of aliphatic carboxylic acids is 2. The molecule has 0 aromatic heterocycles. The van der Waals surface area contributed by atoms with Crippen LogP contribution in [0, 0.1) is 5.41 Å². The van der Waals surface area contributed by atoms with Crippen molar-refractivity contribution in [2.75, 3.05) is 0 Å². The van der Waals surface area contributed by atoms with Crippen molar-refractivity contribution in [3.63, 3.8) is 0 Å². The van der Waals surface area contributed by atoms with Crippen LogP contribution in [0.3, 0.4) is 0 Å². The number of hydrogen-bond donors (Lipinski definition) is 2. The molecule has 0 saturated heterocycles. The van der Waals surface area contributed by atoms with Gasteiger partial charge >= 0.3 is 11.9 Å². The first-order valence-corrected chi connectivity index (χ1v) is 6.74. The maximum Gasteiger partial charge on any atom is 0.321 e. The zero-order valence-electron chi connectivity index (χ0n) is 11.6. The summed E-state index contributed by atoms with van der Waals surface area (Å²) in [5.74, 6) is -2.62. The predicted octanol–water partition coefficient (Wildman–Crippen LogP) is 3.63. The molecule has 108 valence electrons. The third-order valence-electron chi connectivity index (χ3n) is 3.17. The van der Waals surface area contributed by atoms with Crippen LogP contribution in [-0.4, -0.2) is 22.2 Å². The maximum absolute atomic E-state index is 11.2. The standard InChI is InChI=1S/C15H24O4/c1-3-5-6-7-8-9-10-12-15(11-4-2,13(16)17)14(18)19/h4,9-10H,2-3,5-8,11-12H2,1H3,(H,16,17)(H,18,19)/b10-9+. The molecule has 0 aromatic carbocycles. The predicted molar refractivity (Wildman–Crippen MR) is 75.0 cm³/mol. The van der Waals surface area contributed by atoms with Crippen molar-refractivity contribution >= 4 is 11.9 Å². The molecule has 0 amide bonds. The lowest BCUT2D eigenvalue weighted by molar-refractivity contribution is -0.164. The summed E-state index contributed by atoms with van der Waals surface area (Å²) < 4.78 is 0. The minimum absolute atomic E-state index is 0.00252. The maximum atomic E-state index is 11.2.